The van der Waals surface area contributed by atoms with E-state index in [4.69, 9.17) is 4.74 Å². The fourth-order valence-electron chi connectivity index (χ4n) is 1.31. The van der Waals surface area contributed by atoms with Crippen LogP contribution in [0.2, 0.25) is 0 Å². The van der Waals surface area contributed by atoms with Crippen LogP contribution in [-0.2, 0) is 24.1 Å². The standard InChI is InChI=1S/C10H14O5/c1-2-9(11)14-15-10(12)6-5-8-4-3-7-13-8/h2,8H,1,3-7H2. The summed E-state index contributed by atoms with van der Waals surface area (Å²) in [6, 6.07) is 0. The summed E-state index contributed by atoms with van der Waals surface area (Å²) in [4.78, 5) is 29.9. The van der Waals surface area contributed by atoms with E-state index in [-0.39, 0.29) is 12.5 Å². The number of carbonyl (C=O) groups is 2. The van der Waals surface area contributed by atoms with Crippen LogP contribution in [0.15, 0.2) is 12.7 Å². The van der Waals surface area contributed by atoms with E-state index in [1.807, 2.05) is 0 Å². The molecule has 0 bridgehead atoms. The molecular formula is C10H14O5. The highest BCUT2D eigenvalue weighted by molar-refractivity contribution is 5.81. The van der Waals surface area contributed by atoms with E-state index >= 15 is 0 Å². The molecule has 0 spiro atoms. The van der Waals surface area contributed by atoms with Gasteiger partial charge >= 0.3 is 11.9 Å². The lowest BCUT2D eigenvalue weighted by Gasteiger charge is -2.07. The minimum absolute atomic E-state index is 0.132. The van der Waals surface area contributed by atoms with E-state index < -0.39 is 11.9 Å². The zero-order valence-electron chi connectivity index (χ0n) is 8.44. The van der Waals surface area contributed by atoms with Gasteiger partial charge in [0.15, 0.2) is 0 Å². The summed E-state index contributed by atoms with van der Waals surface area (Å²) in [5.41, 5.74) is 0. The second kappa shape index (κ2) is 6.19. The van der Waals surface area contributed by atoms with Gasteiger partial charge in [0.1, 0.15) is 0 Å². The third-order valence-corrected chi connectivity index (χ3v) is 2.08. The average Bonchev–Trinajstić information content (AvgIpc) is 2.75. The molecule has 0 aliphatic carbocycles. The van der Waals surface area contributed by atoms with Gasteiger partial charge in [0.2, 0.25) is 0 Å². The lowest BCUT2D eigenvalue weighted by molar-refractivity contribution is -0.255. The molecule has 1 rings (SSSR count). The molecule has 0 radical (unpaired) electrons. The fraction of sp³-hybridized carbons (Fsp3) is 0.600. The quantitative estimate of drug-likeness (QED) is 0.399. The Labute approximate surface area is 87.9 Å². The molecule has 0 N–H and O–H groups in total. The number of rotatable bonds is 4. The molecule has 0 saturated carbocycles. The van der Waals surface area contributed by atoms with Gasteiger partial charge in [0.05, 0.1) is 12.5 Å². The minimum atomic E-state index is -0.777. The molecule has 1 aliphatic rings. The molecule has 0 amide bonds. The van der Waals surface area contributed by atoms with Crippen LogP contribution in [0.5, 0.6) is 0 Å². The number of carbonyl (C=O) groups excluding carboxylic acids is 2. The van der Waals surface area contributed by atoms with E-state index in [2.05, 4.69) is 16.4 Å². The zero-order chi connectivity index (χ0) is 11.1. The number of hydrogen-bond acceptors (Lipinski definition) is 5. The summed E-state index contributed by atoms with van der Waals surface area (Å²) in [5.74, 6) is -1.35. The Bertz CT molecular complexity index is 242. The first-order valence-corrected chi connectivity index (χ1v) is 4.87. The van der Waals surface area contributed by atoms with Gasteiger partial charge < -0.3 is 4.74 Å². The molecule has 0 aromatic carbocycles. The Morgan fingerprint density at radius 2 is 2.27 bits per heavy atom. The van der Waals surface area contributed by atoms with Crippen LogP contribution >= 0.6 is 0 Å². The maximum Gasteiger partial charge on any atom is 0.378 e. The van der Waals surface area contributed by atoms with Crippen LogP contribution in [0.3, 0.4) is 0 Å². The van der Waals surface area contributed by atoms with Crippen molar-refractivity contribution in [2.45, 2.75) is 31.8 Å². The molecule has 1 saturated heterocycles. The molecule has 84 valence electrons. The molecule has 1 fully saturated rings. The normalized spacial score (nSPS) is 19.6. The largest absolute Gasteiger partial charge is 0.378 e. The Morgan fingerprint density at radius 1 is 1.47 bits per heavy atom. The molecule has 0 aromatic heterocycles. The zero-order valence-corrected chi connectivity index (χ0v) is 8.44. The summed E-state index contributed by atoms with van der Waals surface area (Å²) in [7, 11) is 0. The molecule has 15 heavy (non-hydrogen) atoms. The highest BCUT2D eigenvalue weighted by Gasteiger charge is 2.17. The maximum absolute atomic E-state index is 11.0. The van der Waals surface area contributed by atoms with E-state index in [1.54, 1.807) is 0 Å². The third-order valence-electron chi connectivity index (χ3n) is 2.08. The van der Waals surface area contributed by atoms with Crippen molar-refractivity contribution < 1.29 is 24.1 Å². The third kappa shape index (κ3) is 4.60. The first-order valence-electron chi connectivity index (χ1n) is 4.87. The van der Waals surface area contributed by atoms with Gasteiger partial charge in [-0.25, -0.2) is 19.4 Å². The van der Waals surface area contributed by atoms with Crippen molar-refractivity contribution in [1.29, 1.82) is 0 Å². The highest BCUT2D eigenvalue weighted by Crippen LogP contribution is 2.16. The first kappa shape index (κ1) is 11.7. The van der Waals surface area contributed by atoms with Crippen LogP contribution in [-0.4, -0.2) is 24.6 Å². The SMILES string of the molecule is C=CC(=O)OOC(=O)CCC1CCCO1. The lowest BCUT2D eigenvalue weighted by atomic mass is 10.1. The van der Waals surface area contributed by atoms with E-state index in [1.165, 1.54) is 0 Å². The molecule has 1 heterocycles. The van der Waals surface area contributed by atoms with Crippen LogP contribution in [0.1, 0.15) is 25.7 Å². The monoisotopic (exact) mass is 214 g/mol. The summed E-state index contributed by atoms with van der Waals surface area (Å²) in [5, 5.41) is 0. The molecular weight excluding hydrogens is 200 g/mol. The van der Waals surface area contributed by atoms with E-state index in [0.717, 1.165) is 25.5 Å². The second-order valence-corrected chi connectivity index (χ2v) is 3.24. The van der Waals surface area contributed by atoms with Gasteiger partial charge in [-0.2, -0.15) is 0 Å². The van der Waals surface area contributed by atoms with Crippen molar-refractivity contribution in [3.05, 3.63) is 12.7 Å². The van der Waals surface area contributed by atoms with Crippen LogP contribution in [0, 0.1) is 0 Å². The van der Waals surface area contributed by atoms with Crippen molar-refractivity contribution in [3.8, 4) is 0 Å². The molecule has 1 atom stereocenters. The topological polar surface area (TPSA) is 61.8 Å². The van der Waals surface area contributed by atoms with E-state index in [9.17, 15) is 9.59 Å². The van der Waals surface area contributed by atoms with Crippen molar-refractivity contribution >= 4 is 11.9 Å². The van der Waals surface area contributed by atoms with Gasteiger partial charge in [0.25, 0.3) is 0 Å². The van der Waals surface area contributed by atoms with Crippen LogP contribution < -0.4 is 0 Å². The van der Waals surface area contributed by atoms with Gasteiger partial charge in [-0.15, -0.1) is 0 Å². The van der Waals surface area contributed by atoms with Crippen molar-refractivity contribution in [2.75, 3.05) is 6.61 Å². The number of ether oxygens (including phenoxy) is 1. The van der Waals surface area contributed by atoms with Crippen molar-refractivity contribution in [1.82, 2.24) is 0 Å². The van der Waals surface area contributed by atoms with Gasteiger partial charge in [-0.05, 0) is 19.3 Å². The summed E-state index contributed by atoms with van der Waals surface area (Å²) >= 11 is 0. The Hall–Kier alpha value is -1.36. The smallest absolute Gasteiger partial charge is 0.378 e. The maximum atomic E-state index is 11.0. The minimum Gasteiger partial charge on any atom is -0.378 e. The highest BCUT2D eigenvalue weighted by atomic mass is 17.2. The van der Waals surface area contributed by atoms with Crippen molar-refractivity contribution in [3.63, 3.8) is 0 Å². The molecule has 1 aliphatic heterocycles. The Balaban J connectivity index is 2.07. The first-order chi connectivity index (χ1) is 7.22. The van der Waals surface area contributed by atoms with Crippen LogP contribution in [0.25, 0.3) is 0 Å². The fourth-order valence-corrected chi connectivity index (χ4v) is 1.31. The van der Waals surface area contributed by atoms with Gasteiger partial charge in [-0.3, -0.25) is 0 Å². The van der Waals surface area contributed by atoms with E-state index in [0.29, 0.717) is 6.42 Å². The molecule has 1 unspecified atom stereocenters. The van der Waals surface area contributed by atoms with Gasteiger partial charge in [-0.1, -0.05) is 6.58 Å². The number of hydrogen-bond donors (Lipinski definition) is 0. The predicted octanol–water partition coefficient (Wildman–Crippen LogP) is 1.13. The molecule has 0 aromatic rings. The Morgan fingerprint density at radius 3 is 2.87 bits per heavy atom. The lowest BCUT2D eigenvalue weighted by Crippen LogP contribution is -2.13. The summed E-state index contributed by atoms with van der Waals surface area (Å²) < 4.78 is 5.32. The van der Waals surface area contributed by atoms with Gasteiger partial charge in [0, 0.05) is 12.7 Å². The average molecular weight is 214 g/mol. The molecule has 5 heteroatoms. The second-order valence-electron chi connectivity index (χ2n) is 3.24. The Kier molecular flexibility index (Phi) is 4.83. The summed E-state index contributed by atoms with van der Waals surface area (Å²) in [6.45, 7) is 3.92. The summed E-state index contributed by atoms with van der Waals surface area (Å²) in [6.07, 6.45) is 3.85. The molecule has 5 nitrogen and oxygen atoms in total. The predicted molar refractivity (Wildman–Crippen MR) is 50.6 cm³/mol. The van der Waals surface area contributed by atoms with Crippen LogP contribution in [0.4, 0.5) is 0 Å². The van der Waals surface area contributed by atoms with Crippen molar-refractivity contribution in [2.24, 2.45) is 0 Å².